The van der Waals surface area contributed by atoms with Gasteiger partial charge in [-0.15, -0.1) is 12.4 Å². The van der Waals surface area contributed by atoms with Crippen molar-refractivity contribution in [2.24, 2.45) is 11.7 Å². The fourth-order valence-electron chi connectivity index (χ4n) is 3.51. The highest BCUT2D eigenvalue weighted by Gasteiger charge is 2.31. The number of nitrogens with zero attached hydrogens (tertiary/aromatic N) is 3. The number of aromatic nitrogens is 2. The van der Waals surface area contributed by atoms with E-state index in [0.29, 0.717) is 42.9 Å². The molecule has 3 rings (SSSR count). The summed E-state index contributed by atoms with van der Waals surface area (Å²) < 4.78 is 5.33. The first-order valence-corrected chi connectivity index (χ1v) is 9.40. The maximum atomic E-state index is 12.5. The molecule has 0 saturated carbocycles. The second kappa shape index (κ2) is 9.33. The van der Waals surface area contributed by atoms with Crippen LogP contribution in [0.1, 0.15) is 51.0 Å². The maximum absolute atomic E-state index is 12.5. The molecule has 1 aromatic carbocycles. The lowest BCUT2D eigenvalue weighted by Crippen LogP contribution is -2.34. The van der Waals surface area contributed by atoms with Crippen molar-refractivity contribution in [2.45, 2.75) is 52.0 Å². The summed E-state index contributed by atoms with van der Waals surface area (Å²) in [6, 6.07) is 8.44. The maximum Gasteiger partial charge on any atom is 0.227 e. The molecule has 7 heteroatoms. The first-order valence-electron chi connectivity index (χ1n) is 9.40. The third kappa shape index (κ3) is 5.08. The molecule has 0 aliphatic carbocycles. The Morgan fingerprint density at radius 2 is 2.04 bits per heavy atom. The number of likely N-dealkylation sites (tertiary alicyclic amines) is 1. The number of carbonyl (C=O) groups excluding carboxylic acids is 1. The van der Waals surface area contributed by atoms with Gasteiger partial charge in [-0.3, -0.25) is 4.79 Å². The lowest BCUT2D eigenvalue weighted by atomic mass is 10.0. The van der Waals surface area contributed by atoms with Gasteiger partial charge < -0.3 is 15.2 Å². The molecule has 1 saturated heterocycles. The van der Waals surface area contributed by atoms with Gasteiger partial charge in [0.05, 0.1) is 0 Å². The summed E-state index contributed by atoms with van der Waals surface area (Å²) in [6.07, 6.45) is 1.83. The summed E-state index contributed by atoms with van der Waals surface area (Å²) >= 11 is 0. The zero-order valence-electron chi connectivity index (χ0n) is 16.2. The SMILES string of the molecule is CC(C)c1ccc(-c2noc(CCC(=O)N3CC(CN)CC3C)n2)cc1.Cl. The molecule has 1 amide bonds. The number of aryl methyl sites for hydroxylation is 1. The number of halogens is 1. The van der Waals surface area contributed by atoms with Crippen LogP contribution in [0.3, 0.4) is 0 Å². The van der Waals surface area contributed by atoms with Crippen LogP contribution in [0.15, 0.2) is 28.8 Å². The van der Waals surface area contributed by atoms with Gasteiger partial charge in [0, 0.05) is 31.0 Å². The first kappa shape index (κ1) is 21.4. The molecule has 148 valence electrons. The van der Waals surface area contributed by atoms with Crippen LogP contribution in [0.5, 0.6) is 0 Å². The number of hydrogen-bond donors (Lipinski definition) is 1. The van der Waals surface area contributed by atoms with Crippen LogP contribution in [0.2, 0.25) is 0 Å². The van der Waals surface area contributed by atoms with E-state index in [1.807, 2.05) is 17.0 Å². The minimum Gasteiger partial charge on any atom is -0.340 e. The van der Waals surface area contributed by atoms with Crippen LogP contribution in [-0.4, -0.2) is 40.1 Å². The molecule has 2 heterocycles. The van der Waals surface area contributed by atoms with E-state index in [1.54, 1.807) is 0 Å². The van der Waals surface area contributed by atoms with Gasteiger partial charge in [-0.05, 0) is 37.3 Å². The minimum absolute atomic E-state index is 0. The summed E-state index contributed by atoms with van der Waals surface area (Å²) in [5, 5.41) is 4.05. The van der Waals surface area contributed by atoms with Gasteiger partial charge in [0.25, 0.3) is 0 Å². The lowest BCUT2D eigenvalue weighted by Gasteiger charge is -2.21. The van der Waals surface area contributed by atoms with Crippen LogP contribution in [0.4, 0.5) is 0 Å². The van der Waals surface area contributed by atoms with Crippen molar-refractivity contribution in [3.63, 3.8) is 0 Å². The second-order valence-corrected chi connectivity index (χ2v) is 7.52. The summed E-state index contributed by atoms with van der Waals surface area (Å²) in [5.41, 5.74) is 7.94. The molecule has 0 radical (unpaired) electrons. The minimum atomic E-state index is 0. The quantitative estimate of drug-likeness (QED) is 0.814. The standard InChI is InChI=1S/C20H28N4O2.ClH/c1-13(2)16-4-6-17(7-5-16)20-22-18(26-23-20)8-9-19(25)24-12-15(11-21)10-14(24)3;/h4-7,13-15H,8-12,21H2,1-3H3;1H. The van der Waals surface area contributed by atoms with Crippen molar-refractivity contribution in [3.8, 4) is 11.4 Å². The Labute approximate surface area is 166 Å². The van der Waals surface area contributed by atoms with Gasteiger partial charge in [0.1, 0.15) is 0 Å². The van der Waals surface area contributed by atoms with Crippen molar-refractivity contribution in [2.75, 3.05) is 13.1 Å². The molecule has 2 unspecified atom stereocenters. The van der Waals surface area contributed by atoms with E-state index >= 15 is 0 Å². The molecule has 1 aromatic heterocycles. The number of nitrogens with two attached hydrogens (primary N) is 1. The Bertz CT molecular complexity index is 745. The Kier molecular flexibility index (Phi) is 7.39. The van der Waals surface area contributed by atoms with Crippen molar-refractivity contribution in [3.05, 3.63) is 35.7 Å². The molecule has 6 nitrogen and oxygen atoms in total. The largest absolute Gasteiger partial charge is 0.340 e. The van der Waals surface area contributed by atoms with E-state index < -0.39 is 0 Å². The smallest absolute Gasteiger partial charge is 0.227 e. The van der Waals surface area contributed by atoms with Crippen LogP contribution in [-0.2, 0) is 11.2 Å². The predicted molar refractivity (Wildman–Crippen MR) is 108 cm³/mol. The van der Waals surface area contributed by atoms with Crippen LogP contribution in [0, 0.1) is 5.92 Å². The van der Waals surface area contributed by atoms with Crippen molar-refractivity contribution < 1.29 is 9.32 Å². The van der Waals surface area contributed by atoms with Crippen LogP contribution < -0.4 is 5.73 Å². The van der Waals surface area contributed by atoms with Crippen molar-refractivity contribution in [1.29, 1.82) is 0 Å². The van der Waals surface area contributed by atoms with E-state index in [2.05, 4.69) is 43.0 Å². The number of rotatable bonds is 6. The predicted octanol–water partition coefficient (Wildman–Crippen LogP) is 3.41. The summed E-state index contributed by atoms with van der Waals surface area (Å²) in [7, 11) is 0. The lowest BCUT2D eigenvalue weighted by molar-refractivity contribution is -0.131. The Balaban J connectivity index is 0.00000261. The second-order valence-electron chi connectivity index (χ2n) is 7.52. The summed E-state index contributed by atoms with van der Waals surface area (Å²) in [5.74, 6) is 2.11. The molecule has 27 heavy (non-hydrogen) atoms. The van der Waals surface area contributed by atoms with Gasteiger partial charge in [0.15, 0.2) is 0 Å². The van der Waals surface area contributed by atoms with E-state index in [-0.39, 0.29) is 24.4 Å². The molecule has 2 atom stereocenters. The van der Waals surface area contributed by atoms with Gasteiger partial charge in [-0.1, -0.05) is 43.3 Å². The third-order valence-electron chi connectivity index (χ3n) is 5.17. The molecule has 2 aromatic rings. The Hall–Kier alpha value is -1.92. The molecule has 1 aliphatic heterocycles. The third-order valence-corrected chi connectivity index (χ3v) is 5.17. The number of carbonyl (C=O) groups is 1. The van der Waals surface area contributed by atoms with E-state index in [4.69, 9.17) is 10.3 Å². The van der Waals surface area contributed by atoms with E-state index in [9.17, 15) is 4.79 Å². The topological polar surface area (TPSA) is 85.2 Å². The Morgan fingerprint density at radius 1 is 1.33 bits per heavy atom. The van der Waals surface area contributed by atoms with Crippen molar-refractivity contribution in [1.82, 2.24) is 15.0 Å². The molecule has 2 N–H and O–H groups in total. The number of benzene rings is 1. The zero-order valence-corrected chi connectivity index (χ0v) is 17.0. The Morgan fingerprint density at radius 3 is 2.63 bits per heavy atom. The normalized spacial score (nSPS) is 19.4. The van der Waals surface area contributed by atoms with Gasteiger partial charge >= 0.3 is 0 Å². The van der Waals surface area contributed by atoms with Gasteiger partial charge in [-0.25, -0.2) is 0 Å². The fraction of sp³-hybridized carbons (Fsp3) is 0.550. The highest BCUT2D eigenvalue weighted by molar-refractivity contribution is 5.85. The summed E-state index contributed by atoms with van der Waals surface area (Å²) in [4.78, 5) is 18.8. The molecular weight excluding hydrogens is 364 g/mol. The number of amides is 1. The van der Waals surface area contributed by atoms with Crippen molar-refractivity contribution >= 4 is 18.3 Å². The molecule has 0 spiro atoms. The molecular formula is C20H29ClN4O2. The van der Waals surface area contributed by atoms with Crippen LogP contribution in [0.25, 0.3) is 11.4 Å². The van der Waals surface area contributed by atoms with Crippen LogP contribution >= 0.6 is 12.4 Å². The highest BCUT2D eigenvalue weighted by Crippen LogP contribution is 2.24. The highest BCUT2D eigenvalue weighted by atomic mass is 35.5. The zero-order chi connectivity index (χ0) is 18.7. The van der Waals surface area contributed by atoms with E-state index in [0.717, 1.165) is 18.5 Å². The average Bonchev–Trinajstić information content (AvgIpc) is 3.26. The van der Waals surface area contributed by atoms with Gasteiger partial charge in [0.2, 0.25) is 17.6 Å². The van der Waals surface area contributed by atoms with Gasteiger partial charge in [-0.2, -0.15) is 4.98 Å². The molecule has 1 aliphatic rings. The first-order chi connectivity index (χ1) is 12.5. The average molecular weight is 393 g/mol. The van der Waals surface area contributed by atoms with E-state index in [1.165, 1.54) is 5.56 Å². The molecule has 0 bridgehead atoms. The number of hydrogen-bond acceptors (Lipinski definition) is 5. The summed E-state index contributed by atoms with van der Waals surface area (Å²) in [6.45, 7) is 7.80. The fourth-order valence-corrected chi connectivity index (χ4v) is 3.51. The molecule has 1 fully saturated rings. The monoisotopic (exact) mass is 392 g/mol.